The molecule has 8 heteroatoms. The normalized spacial score (nSPS) is 24.4. The second-order valence-corrected chi connectivity index (χ2v) is 14.8. The van der Waals surface area contributed by atoms with Crippen LogP contribution in [-0.2, 0) is 4.74 Å². The molecule has 1 saturated heterocycles. The van der Waals surface area contributed by atoms with Crippen LogP contribution in [0.25, 0.3) is 55.4 Å². The van der Waals surface area contributed by atoms with E-state index in [1.165, 1.54) is 11.1 Å². The minimum absolute atomic E-state index is 0.0428. The standard InChI is InChI=1S/C46H31N5O3/c1-7-19-32-26(13-1)39-29-16-4-10-22-36(29)52-44(39)49(32)35-25-47-48-43(51-34-21-9-3-15-28(34)41-31-18-6-12-24-38(31)54-46(41)51)42(35)50-33-20-8-2-14-27(33)40-30-17-5-11-23-37(30)53-45(40)50/h1-25,30-31,37-38,40,45H. The molecule has 0 radical (unpaired) electrons. The average molecular weight is 702 g/mol. The Labute approximate surface area is 309 Å². The SMILES string of the molecule is C1=CC2Oc3c(c4ccccc4n3-c3nncc(-n4c5ccccc5c5c6ccccc6oc54)c3N3c4ccccc4C4C5C=CC=CC5OC43)C2C=C1. The van der Waals surface area contributed by atoms with Crippen molar-refractivity contribution < 1.29 is 13.9 Å². The highest BCUT2D eigenvalue weighted by molar-refractivity contribution is 6.20. The van der Waals surface area contributed by atoms with Crippen molar-refractivity contribution in [3.8, 4) is 17.4 Å². The average Bonchev–Trinajstić information content (AvgIpc) is 4.05. The third kappa shape index (κ3) is 3.60. The number of rotatable bonds is 3. The van der Waals surface area contributed by atoms with Crippen LogP contribution in [0.1, 0.15) is 23.0 Å². The quantitative estimate of drug-likeness (QED) is 0.183. The van der Waals surface area contributed by atoms with Gasteiger partial charge in [0.2, 0.25) is 11.6 Å². The summed E-state index contributed by atoms with van der Waals surface area (Å²) in [6.45, 7) is 0. The van der Waals surface area contributed by atoms with Crippen molar-refractivity contribution in [1.29, 1.82) is 0 Å². The molecule has 5 aliphatic rings. The first-order chi connectivity index (χ1) is 26.8. The molecule has 8 aromatic rings. The lowest BCUT2D eigenvalue weighted by atomic mass is 9.83. The van der Waals surface area contributed by atoms with Crippen LogP contribution in [0, 0.1) is 5.92 Å². The fourth-order valence-corrected chi connectivity index (χ4v) is 10.0. The third-order valence-electron chi connectivity index (χ3n) is 12.2. The Balaban J connectivity index is 1.17. The van der Waals surface area contributed by atoms with E-state index in [2.05, 4.69) is 148 Å². The molecule has 4 aromatic heterocycles. The molecule has 6 unspecified atom stereocenters. The van der Waals surface area contributed by atoms with Crippen molar-refractivity contribution in [1.82, 2.24) is 19.3 Å². The molecule has 1 fully saturated rings. The maximum atomic E-state index is 7.11. The summed E-state index contributed by atoms with van der Waals surface area (Å²) in [6, 6.07) is 34.1. The lowest BCUT2D eigenvalue weighted by Crippen LogP contribution is -2.32. The van der Waals surface area contributed by atoms with Gasteiger partial charge < -0.3 is 18.8 Å². The molecule has 13 rings (SSSR count). The van der Waals surface area contributed by atoms with E-state index in [-0.39, 0.29) is 36.2 Å². The van der Waals surface area contributed by atoms with E-state index < -0.39 is 0 Å². The number of para-hydroxylation sites is 4. The number of anilines is 2. The number of hydrogen-bond acceptors (Lipinski definition) is 6. The van der Waals surface area contributed by atoms with Crippen molar-refractivity contribution in [3.63, 3.8) is 0 Å². The van der Waals surface area contributed by atoms with Crippen LogP contribution >= 0.6 is 0 Å². The fraction of sp³-hybridized carbons (Fsp3) is 0.130. The van der Waals surface area contributed by atoms with Gasteiger partial charge in [0.1, 0.15) is 23.6 Å². The Bertz CT molecular complexity index is 3030. The summed E-state index contributed by atoms with van der Waals surface area (Å²) in [4.78, 5) is 2.38. The molecule has 258 valence electrons. The summed E-state index contributed by atoms with van der Waals surface area (Å²) in [7, 11) is 0. The van der Waals surface area contributed by atoms with E-state index in [4.69, 9.17) is 24.1 Å². The molecule has 8 nitrogen and oxygen atoms in total. The Morgan fingerprint density at radius 1 is 0.630 bits per heavy atom. The molecule has 0 bridgehead atoms. The highest BCUT2D eigenvalue weighted by atomic mass is 16.5. The van der Waals surface area contributed by atoms with Gasteiger partial charge in [-0.05, 0) is 35.9 Å². The second kappa shape index (κ2) is 10.5. The summed E-state index contributed by atoms with van der Waals surface area (Å²) in [5.74, 6) is 1.85. The van der Waals surface area contributed by atoms with Gasteiger partial charge in [0.15, 0.2) is 5.82 Å². The zero-order valence-electron chi connectivity index (χ0n) is 28.9. The van der Waals surface area contributed by atoms with Gasteiger partial charge in [-0.3, -0.25) is 9.13 Å². The molecule has 54 heavy (non-hydrogen) atoms. The molecule has 6 atom stereocenters. The summed E-state index contributed by atoms with van der Waals surface area (Å²) < 4.78 is 25.3. The molecular weight excluding hydrogens is 671 g/mol. The monoisotopic (exact) mass is 701 g/mol. The molecular formula is C46H31N5O3. The summed E-state index contributed by atoms with van der Waals surface area (Å²) in [5, 5.41) is 14.3. The van der Waals surface area contributed by atoms with Crippen LogP contribution < -0.4 is 9.64 Å². The molecule has 0 N–H and O–H groups in total. The van der Waals surface area contributed by atoms with Crippen molar-refractivity contribution in [2.24, 2.45) is 5.92 Å². The van der Waals surface area contributed by atoms with Crippen molar-refractivity contribution in [2.75, 3.05) is 4.90 Å². The predicted molar refractivity (Wildman–Crippen MR) is 210 cm³/mol. The van der Waals surface area contributed by atoms with Gasteiger partial charge in [-0.1, -0.05) is 115 Å². The minimum atomic E-state index is -0.302. The first kappa shape index (κ1) is 28.9. The van der Waals surface area contributed by atoms with Crippen LogP contribution in [0.5, 0.6) is 5.88 Å². The van der Waals surface area contributed by atoms with Crippen molar-refractivity contribution in [2.45, 2.75) is 30.3 Å². The summed E-state index contributed by atoms with van der Waals surface area (Å²) in [5.41, 5.74) is 8.86. The van der Waals surface area contributed by atoms with Crippen LogP contribution in [-0.4, -0.2) is 37.8 Å². The third-order valence-corrected chi connectivity index (χ3v) is 12.2. The molecule has 0 saturated carbocycles. The number of furan rings is 1. The zero-order valence-corrected chi connectivity index (χ0v) is 28.9. The Morgan fingerprint density at radius 3 is 2.26 bits per heavy atom. The fourth-order valence-electron chi connectivity index (χ4n) is 10.0. The van der Waals surface area contributed by atoms with Crippen LogP contribution in [0.4, 0.5) is 11.4 Å². The van der Waals surface area contributed by atoms with Crippen molar-refractivity contribution >= 4 is 55.2 Å². The number of nitrogens with zero attached hydrogens (tertiary/aromatic N) is 5. The Morgan fingerprint density at radius 2 is 1.35 bits per heavy atom. The van der Waals surface area contributed by atoms with Gasteiger partial charge in [0.05, 0.1) is 34.4 Å². The number of allylic oxidation sites excluding steroid dienone is 4. The topological polar surface area (TPSA) is 70.5 Å². The second-order valence-electron chi connectivity index (χ2n) is 14.8. The smallest absolute Gasteiger partial charge is 0.213 e. The lowest BCUT2D eigenvalue weighted by molar-refractivity contribution is 0.0695. The van der Waals surface area contributed by atoms with Gasteiger partial charge in [-0.25, -0.2) is 0 Å². The van der Waals surface area contributed by atoms with E-state index in [0.717, 1.165) is 66.8 Å². The highest BCUT2D eigenvalue weighted by Crippen LogP contribution is 2.58. The first-order valence-corrected chi connectivity index (χ1v) is 18.6. The van der Waals surface area contributed by atoms with E-state index in [0.29, 0.717) is 5.82 Å². The Hall–Kier alpha value is -6.64. The van der Waals surface area contributed by atoms with Gasteiger partial charge >= 0.3 is 0 Å². The van der Waals surface area contributed by atoms with E-state index in [1.807, 2.05) is 18.3 Å². The van der Waals surface area contributed by atoms with E-state index >= 15 is 0 Å². The molecule has 4 aromatic carbocycles. The van der Waals surface area contributed by atoms with Crippen molar-refractivity contribution in [3.05, 3.63) is 163 Å². The minimum Gasteiger partial charge on any atom is -0.470 e. The highest BCUT2D eigenvalue weighted by Gasteiger charge is 2.53. The van der Waals surface area contributed by atoms with Crippen LogP contribution in [0.15, 0.2) is 156 Å². The summed E-state index contributed by atoms with van der Waals surface area (Å²) >= 11 is 0. The van der Waals surface area contributed by atoms with E-state index in [9.17, 15) is 0 Å². The number of aromatic nitrogens is 4. The lowest BCUT2D eigenvalue weighted by Gasteiger charge is -2.31. The van der Waals surface area contributed by atoms with E-state index in [1.54, 1.807) is 0 Å². The van der Waals surface area contributed by atoms with Gasteiger partial charge in [-0.2, -0.15) is 5.10 Å². The maximum Gasteiger partial charge on any atom is 0.213 e. The van der Waals surface area contributed by atoms with Gasteiger partial charge in [0.25, 0.3) is 0 Å². The first-order valence-electron chi connectivity index (χ1n) is 18.6. The Kier molecular flexibility index (Phi) is 5.61. The maximum absolute atomic E-state index is 7.11. The number of hydrogen-bond donors (Lipinski definition) is 0. The molecule has 2 aliphatic carbocycles. The zero-order chi connectivity index (χ0) is 35.1. The van der Waals surface area contributed by atoms with Gasteiger partial charge in [0, 0.05) is 45.2 Å². The number of benzene rings is 4. The largest absolute Gasteiger partial charge is 0.470 e. The predicted octanol–water partition coefficient (Wildman–Crippen LogP) is 9.94. The molecule has 7 heterocycles. The molecule has 3 aliphatic heterocycles. The van der Waals surface area contributed by atoms with Crippen LogP contribution in [0.3, 0.4) is 0 Å². The van der Waals surface area contributed by atoms with Crippen LogP contribution in [0.2, 0.25) is 0 Å². The van der Waals surface area contributed by atoms with Gasteiger partial charge in [-0.15, -0.1) is 5.10 Å². The molecule has 0 amide bonds. The summed E-state index contributed by atoms with van der Waals surface area (Å²) in [6.07, 6.45) is 18.8. The molecule has 0 spiro atoms. The number of fused-ring (bicyclic) bond motifs is 15. The number of ether oxygens (including phenoxy) is 2.